The normalized spacial score (nSPS) is 13.3. The lowest BCUT2D eigenvalue weighted by Gasteiger charge is -2.18. The van der Waals surface area contributed by atoms with Crippen LogP contribution in [0.1, 0.15) is 29.5 Å². The summed E-state index contributed by atoms with van der Waals surface area (Å²) in [7, 11) is 0. The molecule has 0 aliphatic carbocycles. The largest absolute Gasteiger partial charge is 0.416 e. The molecule has 0 spiro atoms. The van der Waals surface area contributed by atoms with Crippen LogP contribution in [-0.4, -0.2) is 0 Å². The number of hydrogen-bond acceptors (Lipinski definition) is 0. The Morgan fingerprint density at radius 2 is 1.39 bits per heavy atom. The molecule has 0 radical (unpaired) electrons. The summed E-state index contributed by atoms with van der Waals surface area (Å²) in [6.07, 6.45) is -4.31. The number of hydrogen-bond donors (Lipinski definition) is 0. The first-order chi connectivity index (χ1) is 8.50. The van der Waals surface area contributed by atoms with Gasteiger partial charge in [-0.15, -0.1) is 0 Å². The molecule has 0 aromatic heterocycles. The number of benzene rings is 2. The van der Waals surface area contributed by atoms with Crippen LogP contribution in [0.2, 0.25) is 0 Å². The van der Waals surface area contributed by atoms with Crippen molar-refractivity contribution in [1.82, 2.24) is 0 Å². The van der Waals surface area contributed by atoms with Gasteiger partial charge < -0.3 is 0 Å². The maximum absolute atomic E-state index is 12.9. The minimum absolute atomic E-state index is 0.274. The number of halogens is 3. The molecule has 0 amide bonds. The fraction of sp³-hybridized carbons (Fsp3) is 0.200. The maximum atomic E-state index is 12.9. The molecule has 2 aromatic rings. The zero-order valence-corrected chi connectivity index (χ0v) is 9.91. The molecule has 0 bridgehead atoms. The minimum atomic E-state index is -4.31. The second kappa shape index (κ2) is 4.84. The highest BCUT2D eigenvalue weighted by molar-refractivity contribution is 5.38. The monoisotopic (exact) mass is 250 g/mol. The molecule has 1 atom stereocenters. The van der Waals surface area contributed by atoms with Gasteiger partial charge in [0.15, 0.2) is 0 Å². The Hall–Kier alpha value is -1.77. The van der Waals surface area contributed by atoms with Crippen LogP contribution >= 0.6 is 0 Å². The molecule has 18 heavy (non-hydrogen) atoms. The molecule has 0 aliphatic rings. The number of rotatable bonds is 2. The molecule has 0 saturated carbocycles. The first-order valence-corrected chi connectivity index (χ1v) is 5.71. The Morgan fingerprint density at radius 1 is 0.833 bits per heavy atom. The highest BCUT2D eigenvalue weighted by atomic mass is 19.4. The summed E-state index contributed by atoms with van der Waals surface area (Å²) in [4.78, 5) is 0. The Labute approximate surface area is 104 Å². The Kier molecular flexibility index (Phi) is 3.41. The molecule has 0 heterocycles. The average molecular weight is 250 g/mol. The quantitative estimate of drug-likeness (QED) is 0.714. The average Bonchev–Trinajstić information content (AvgIpc) is 2.38. The zero-order chi connectivity index (χ0) is 13.2. The van der Waals surface area contributed by atoms with Gasteiger partial charge >= 0.3 is 6.18 Å². The van der Waals surface area contributed by atoms with Crippen LogP contribution < -0.4 is 0 Å². The van der Waals surface area contributed by atoms with E-state index in [0.29, 0.717) is 5.56 Å². The molecule has 2 aromatic carbocycles. The lowest BCUT2D eigenvalue weighted by atomic mass is 9.89. The SMILES string of the molecule is C[C@@H](c1ccccc1)c1ccccc1C(F)(F)F. The molecule has 0 saturated heterocycles. The lowest BCUT2D eigenvalue weighted by Crippen LogP contribution is -2.11. The topological polar surface area (TPSA) is 0 Å². The van der Waals surface area contributed by atoms with Gasteiger partial charge in [0.25, 0.3) is 0 Å². The van der Waals surface area contributed by atoms with E-state index in [1.54, 1.807) is 19.1 Å². The summed E-state index contributed by atoms with van der Waals surface area (Å²) in [5.74, 6) is -0.274. The molecule has 0 N–H and O–H groups in total. The first kappa shape index (κ1) is 12.7. The third-order valence-corrected chi connectivity index (χ3v) is 3.03. The third-order valence-electron chi connectivity index (χ3n) is 3.03. The molecule has 0 unspecified atom stereocenters. The van der Waals surface area contributed by atoms with Gasteiger partial charge in [-0.05, 0) is 17.2 Å². The Balaban J connectivity index is 2.46. The van der Waals surface area contributed by atoms with E-state index < -0.39 is 11.7 Å². The van der Waals surface area contributed by atoms with Crippen LogP contribution in [0.25, 0.3) is 0 Å². The van der Waals surface area contributed by atoms with Crippen molar-refractivity contribution in [3.05, 3.63) is 71.3 Å². The molecular weight excluding hydrogens is 237 g/mol. The van der Waals surface area contributed by atoms with Crippen molar-refractivity contribution in [2.75, 3.05) is 0 Å². The summed E-state index contributed by atoms with van der Waals surface area (Å²) >= 11 is 0. The van der Waals surface area contributed by atoms with Crippen LogP contribution in [0.3, 0.4) is 0 Å². The standard InChI is InChI=1S/C15H13F3/c1-11(12-7-3-2-4-8-12)13-9-5-6-10-14(13)15(16,17)18/h2-11H,1H3/t11-/m0/s1. The highest BCUT2D eigenvalue weighted by Gasteiger charge is 2.34. The van der Waals surface area contributed by atoms with Crippen LogP contribution in [0.15, 0.2) is 54.6 Å². The lowest BCUT2D eigenvalue weighted by molar-refractivity contribution is -0.138. The van der Waals surface area contributed by atoms with Gasteiger partial charge in [0.05, 0.1) is 5.56 Å². The van der Waals surface area contributed by atoms with E-state index in [9.17, 15) is 13.2 Å². The van der Waals surface area contributed by atoms with E-state index in [4.69, 9.17) is 0 Å². The molecule has 0 nitrogen and oxygen atoms in total. The van der Waals surface area contributed by atoms with Crippen LogP contribution in [0.5, 0.6) is 0 Å². The van der Waals surface area contributed by atoms with E-state index >= 15 is 0 Å². The molecule has 2 rings (SSSR count). The van der Waals surface area contributed by atoms with Crippen molar-refractivity contribution in [2.45, 2.75) is 19.0 Å². The van der Waals surface area contributed by atoms with Crippen molar-refractivity contribution in [3.63, 3.8) is 0 Å². The van der Waals surface area contributed by atoms with Gasteiger partial charge in [0.2, 0.25) is 0 Å². The van der Waals surface area contributed by atoms with Crippen LogP contribution in [0, 0.1) is 0 Å². The molecular formula is C15H13F3. The van der Waals surface area contributed by atoms with Gasteiger partial charge in [0, 0.05) is 5.92 Å². The summed E-state index contributed by atoms with van der Waals surface area (Å²) in [5.41, 5.74) is 0.645. The van der Waals surface area contributed by atoms with Gasteiger partial charge in [0.1, 0.15) is 0 Å². The van der Waals surface area contributed by atoms with Gasteiger partial charge in [-0.25, -0.2) is 0 Å². The van der Waals surface area contributed by atoms with Crippen LogP contribution in [0.4, 0.5) is 13.2 Å². The van der Waals surface area contributed by atoms with E-state index in [1.807, 2.05) is 30.3 Å². The van der Waals surface area contributed by atoms with Crippen molar-refractivity contribution >= 4 is 0 Å². The van der Waals surface area contributed by atoms with E-state index in [1.165, 1.54) is 6.07 Å². The summed E-state index contributed by atoms with van der Waals surface area (Å²) in [5, 5.41) is 0. The fourth-order valence-corrected chi connectivity index (χ4v) is 2.05. The van der Waals surface area contributed by atoms with E-state index in [0.717, 1.165) is 11.6 Å². The van der Waals surface area contributed by atoms with Gasteiger partial charge in [-0.3, -0.25) is 0 Å². The second-order valence-corrected chi connectivity index (χ2v) is 4.22. The van der Waals surface area contributed by atoms with Crippen molar-refractivity contribution in [2.24, 2.45) is 0 Å². The molecule has 94 valence electrons. The number of alkyl halides is 3. The maximum Gasteiger partial charge on any atom is 0.416 e. The minimum Gasteiger partial charge on any atom is -0.166 e. The molecule has 0 aliphatic heterocycles. The van der Waals surface area contributed by atoms with E-state index in [2.05, 4.69) is 0 Å². The molecule has 0 fully saturated rings. The van der Waals surface area contributed by atoms with E-state index in [-0.39, 0.29) is 5.92 Å². The van der Waals surface area contributed by atoms with Gasteiger partial charge in [-0.2, -0.15) is 13.2 Å². The second-order valence-electron chi connectivity index (χ2n) is 4.22. The summed E-state index contributed by atoms with van der Waals surface area (Å²) < 4.78 is 38.8. The van der Waals surface area contributed by atoms with Gasteiger partial charge in [-0.1, -0.05) is 55.5 Å². The van der Waals surface area contributed by atoms with Crippen molar-refractivity contribution < 1.29 is 13.2 Å². The fourth-order valence-electron chi connectivity index (χ4n) is 2.05. The Bertz CT molecular complexity index is 515. The summed E-state index contributed by atoms with van der Waals surface area (Å²) in [6, 6.07) is 15.0. The predicted octanol–water partition coefficient (Wildman–Crippen LogP) is 4.86. The molecule has 3 heteroatoms. The Morgan fingerprint density at radius 3 is 2.00 bits per heavy atom. The summed E-state index contributed by atoms with van der Waals surface area (Å²) in [6.45, 7) is 1.79. The smallest absolute Gasteiger partial charge is 0.166 e. The van der Waals surface area contributed by atoms with Crippen molar-refractivity contribution in [1.29, 1.82) is 0 Å². The highest BCUT2D eigenvalue weighted by Crippen LogP contribution is 2.37. The predicted molar refractivity (Wildman–Crippen MR) is 65.4 cm³/mol. The van der Waals surface area contributed by atoms with Crippen LogP contribution in [-0.2, 0) is 6.18 Å². The zero-order valence-electron chi connectivity index (χ0n) is 9.91. The first-order valence-electron chi connectivity index (χ1n) is 5.71. The van der Waals surface area contributed by atoms with Crippen molar-refractivity contribution in [3.8, 4) is 0 Å². The third kappa shape index (κ3) is 2.55.